The van der Waals surface area contributed by atoms with Gasteiger partial charge in [-0.05, 0) is 76.2 Å². The first kappa shape index (κ1) is 45.1. The molecule has 0 unspecified atom stereocenters. The Hall–Kier alpha value is -3.47. The van der Waals surface area contributed by atoms with Crippen LogP contribution in [0.15, 0.2) is 66.9 Å². The molecule has 4 aliphatic heterocycles. The van der Waals surface area contributed by atoms with Gasteiger partial charge < -0.3 is 28.6 Å². The third kappa shape index (κ3) is 10.2. The zero-order valence-corrected chi connectivity index (χ0v) is 35.1. The van der Waals surface area contributed by atoms with E-state index in [4.69, 9.17) is 38.8 Å². The van der Waals surface area contributed by atoms with Crippen LogP contribution < -0.4 is 14.2 Å². The molecule has 0 saturated carbocycles. The van der Waals surface area contributed by atoms with Gasteiger partial charge in [0.1, 0.15) is 11.5 Å². The highest BCUT2D eigenvalue weighted by atomic mass is 36.0. The van der Waals surface area contributed by atoms with Crippen molar-refractivity contribution in [2.24, 2.45) is 0 Å². The van der Waals surface area contributed by atoms with Crippen molar-refractivity contribution in [2.75, 3.05) is 40.4 Å². The lowest BCUT2D eigenvalue weighted by Crippen LogP contribution is -2.52. The van der Waals surface area contributed by atoms with Gasteiger partial charge in [-0.15, -0.1) is 0 Å². The van der Waals surface area contributed by atoms with Gasteiger partial charge in [0.15, 0.2) is 17.1 Å². The van der Waals surface area contributed by atoms with E-state index in [0.717, 1.165) is 32.6 Å². The van der Waals surface area contributed by atoms with Crippen molar-refractivity contribution in [3.63, 3.8) is 0 Å². The van der Waals surface area contributed by atoms with Gasteiger partial charge in [-0.1, -0.05) is 23.2 Å². The van der Waals surface area contributed by atoms with Gasteiger partial charge in [0.25, 0.3) is 0 Å². The second-order valence-electron chi connectivity index (χ2n) is 13.3. The molecule has 2 aromatic carbocycles. The van der Waals surface area contributed by atoms with Crippen LogP contribution in [0.1, 0.15) is 38.4 Å². The number of benzene rings is 2. The van der Waals surface area contributed by atoms with Crippen LogP contribution in [-0.2, 0) is 25.4 Å². The fraction of sp³-hybridized carbons (Fsp3) is 0.389. The summed E-state index contributed by atoms with van der Waals surface area (Å²) in [6, 6.07) is 17.9. The summed E-state index contributed by atoms with van der Waals surface area (Å²) in [5, 5.41) is -2.21. The number of fused-ring (bicyclic) bond motifs is 8. The average molecular weight is 960 g/mol. The highest BCUT2D eigenvalue weighted by Gasteiger charge is 2.51. The minimum absolute atomic E-state index is 0.0145. The number of amides is 2. The molecule has 0 atom stereocenters. The standard InChI is InChI=1S/C18H16ClF3N2O3.C17H14ClF3N2O2.CH3F.Cl3OP/c1-26-15-5-4-14-17(6-8-23(9-7-17)16(25)18(20,21)22)27-13-10-11(19)2-3-12(13)24(14)15;18-11-3-4-12-13(10-11)25-16(14-2-1-7-23(12)14)5-8-22(9-6-16)15(24)17(19,20)21;1-2;1-5(2,3)4/h2-5,10H,6-9H2,1H3;1-4,7,10H,5-6,8-9H2;1H3;/i;;1D;. The number of carbonyl (C=O) groups excluding carboxylic acids is 2. The fourth-order valence-electron chi connectivity index (χ4n) is 7.41. The van der Waals surface area contributed by atoms with Crippen molar-refractivity contribution in [3.8, 4) is 28.8 Å². The molecule has 4 aromatic rings. The molecule has 23 heteroatoms. The number of ether oxygens (including phenoxy) is 3. The number of hydrogen-bond donors (Lipinski definition) is 0. The van der Waals surface area contributed by atoms with Crippen molar-refractivity contribution >= 4 is 73.9 Å². The lowest BCUT2D eigenvalue weighted by Gasteiger charge is -2.45. The number of aromatic nitrogens is 2. The van der Waals surface area contributed by atoms with E-state index in [0.29, 0.717) is 27.4 Å². The molecule has 0 aliphatic carbocycles. The second kappa shape index (κ2) is 17.9. The molecule has 4 aliphatic rings. The number of methoxy groups -OCH3 is 1. The predicted octanol–water partition coefficient (Wildman–Crippen LogP) is 11.2. The SMILES string of the molecule is COc1ccc2n1-c1ccc(Cl)cc1OC21CCN(C(=O)C(F)(F)F)CC1.O=C(N1CCC2(CC1)Oc1cc(Cl)ccc1-n1cccc12)C(F)(F)F.O=P(Cl)(Cl)Cl.[2H]CF. The summed E-state index contributed by atoms with van der Waals surface area (Å²) in [5.41, 5.74) is 1.63. The molecule has 322 valence electrons. The van der Waals surface area contributed by atoms with Crippen molar-refractivity contribution in [2.45, 2.75) is 49.2 Å². The van der Waals surface area contributed by atoms with Gasteiger partial charge in [-0.25, -0.2) is 0 Å². The quantitative estimate of drug-likeness (QED) is 0.139. The topological polar surface area (TPSA) is 95.2 Å². The van der Waals surface area contributed by atoms with E-state index >= 15 is 0 Å². The summed E-state index contributed by atoms with van der Waals surface area (Å²) in [6.45, 7) is -0.137. The third-order valence-corrected chi connectivity index (χ3v) is 10.4. The van der Waals surface area contributed by atoms with E-state index in [1.807, 2.05) is 39.6 Å². The van der Waals surface area contributed by atoms with Crippen LogP contribution in [0.4, 0.5) is 30.7 Å². The van der Waals surface area contributed by atoms with Gasteiger partial charge in [0, 0.05) is 86.3 Å². The molecular weight excluding hydrogens is 926 g/mol. The Bertz CT molecular complexity index is 2230. The predicted molar refractivity (Wildman–Crippen MR) is 209 cm³/mol. The number of rotatable bonds is 1. The van der Waals surface area contributed by atoms with Gasteiger partial charge in [0.2, 0.25) is 0 Å². The molecule has 6 heterocycles. The van der Waals surface area contributed by atoms with E-state index in [1.54, 1.807) is 43.5 Å². The average Bonchev–Trinajstić information content (AvgIpc) is 3.84. The van der Waals surface area contributed by atoms with E-state index in [2.05, 4.69) is 33.7 Å². The third-order valence-electron chi connectivity index (χ3n) is 9.89. The molecule has 8 rings (SSSR count). The van der Waals surface area contributed by atoms with Crippen molar-refractivity contribution in [3.05, 3.63) is 88.3 Å². The van der Waals surface area contributed by atoms with Crippen LogP contribution in [0, 0.1) is 0 Å². The van der Waals surface area contributed by atoms with E-state index in [1.165, 1.54) is 0 Å². The maximum atomic E-state index is 12.7. The number of alkyl halides is 7. The molecule has 0 bridgehead atoms. The number of nitrogens with zero attached hydrogens (tertiary/aromatic N) is 4. The molecule has 0 N–H and O–H groups in total. The molecule has 2 fully saturated rings. The monoisotopic (exact) mass is 957 g/mol. The van der Waals surface area contributed by atoms with Crippen LogP contribution in [0.3, 0.4) is 0 Å². The van der Waals surface area contributed by atoms with Crippen molar-refractivity contribution in [1.82, 2.24) is 18.9 Å². The van der Waals surface area contributed by atoms with Crippen molar-refractivity contribution < 1.29 is 60.5 Å². The van der Waals surface area contributed by atoms with Crippen molar-refractivity contribution in [1.29, 1.82) is 0 Å². The maximum Gasteiger partial charge on any atom is 0.471 e. The lowest BCUT2D eigenvalue weighted by atomic mass is 9.86. The molecule has 59 heavy (non-hydrogen) atoms. The van der Waals surface area contributed by atoms with Gasteiger partial charge in [0.05, 0.1) is 38.4 Å². The largest absolute Gasteiger partial charge is 0.482 e. The summed E-state index contributed by atoms with van der Waals surface area (Å²) in [4.78, 5) is 24.7. The molecule has 2 spiro atoms. The highest BCUT2D eigenvalue weighted by Crippen LogP contribution is 2.61. The zero-order valence-electron chi connectivity index (χ0n) is 31.4. The maximum absolute atomic E-state index is 12.7. The Morgan fingerprint density at radius 2 is 1.17 bits per heavy atom. The van der Waals surface area contributed by atoms with Crippen LogP contribution in [0.2, 0.25) is 10.0 Å². The minimum atomic E-state index is -4.87. The summed E-state index contributed by atoms with van der Waals surface area (Å²) in [7, 11) is 0.547. The molecule has 10 nitrogen and oxygen atoms in total. The molecule has 2 aromatic heterocycles. The number of piperidine rings is 2. The van der Waals surface area contributed by atoms with Crippen LogP contribution in [0.25, 0.3) is 11.4 Å². The first-order valence-electron chi connectivity index (χ1n) is 17.9. The summed E-state index contributed by atoms with van der Waals surface area (Å²) in [5.74, 6) is -1.90. The Balaban J connectivity index is 0.000000194. The Labute approximate surface area is 358 Å². The number of carbonyl (C=O) groups is 2. The normalized spacial score (nSPS) is 17.3. The van der Waals surface area contributed by atoms with Gasteiger partial charge in [-0.3, -0.25) is 23.1 Å². The van der Waals surface area contributed by atoms with Crippen LogP contribution in [-0.4, -0.2) is 83.5 Å². The molecule has 0 radical (unpaired) electrons. The van der Waals surface area contributed by atoms with Crippen LogP contribution in [0.5, 0.6) is 17.4 Å². The number of likely N-dealkylation sites (tertiary alicyclic amines) is 2. The van der Waals surface area contributed by atoms with Gasteiger partial charge in [-0.2, -0.15) is 26.3 Å². The Morgan fingerprint density at radius 1 is 0.746 bits per heavy atom. The summed E-state index contributed by atoms with van der Waals surface area (Å²) in [6.07, 6.45) is -6.81. The number of hydrogen-bond acceptors (Lipinski definition) is 6. The number of halogens is 12. The van der Waals surface area contributed by atoms with Crippen LogP contribution >= 0.6 is 62.1 Å². The fourth-order valence-corrected chi connectivity index (χ4v) is 7.73. The van der Waals surface area contributed by atoms with E-state index < -0.39 is 47.7 Å². The Kier molecular flexibility index (Phi) is 13.6. The summed E-state index contributed by atoms with van der Waals surface area (Å²) >= 11 is 26.0. The minimum Gasteiger partial charge on any atom is -0.482 e. The van der Waals surface area contributed by atoms with E-state index in [9.17, 15) is 44.9 Å². The lowest BCUT2D eigenvalue weighted by molar-refractivity contribution is -0.188. The van der Waals surface area contributed by atoms with E-state index in [-0.39, 0.29) is 51.9 Å². The Morgan fingerprint density at radius 3 is 1.61 bits per heavy atom. The first-order valence-corrected chi connectivity index (χ1v) is 22.3. The molecule has 2 amide bonds. The molecular formula is C36H33Cl5F7N4O6P. The highest BCUT2D eigenvalue weighted by molar-refractivity contribution is 8.24. The first-order chi connectivity index (χ1) is 28.0. The second-order valence-corrected chi connectivity index (χ2v) is 20.8. The smallest absolute Gasteiger partial charge is 0.471 e. The zero-order chi connectivity index (χ0) is 44.4. The van der Waals surface area contributed by atoms with Gasteiger partial charge >= 0.3 is 29.4 Å². The summed E-state index contributed by atoms with van der Waals surface area (Å²) < 4.78 is 123. The molecule has 2 saturated heterocycles.